The highest BCUT2D eigenvalue weighted by Crippen LogP contribution is 2.08. The van der Waals surface area contributed by atoms with Crippen molar-refractivity contribution in [2.75, 3.05) is 20.2 Å². The maximum Gasteiger partial charge on any atom is 0.147 e. The Labute approximate surface area is 81.4 Å². The molecule has 5 N–H and O–H groups in total. The molecule has 7 heteroatoms. The van der Waals surface area contributed by atoms with Crippen LogP contribution in [0.5, 0.6) is 0 Å². The summed E-state index contributed by atoms with van der Waals surface area (Å²) in [5.41, 5.74) is 0. The first-order valence-electron chi connectivity index (χ1n) is 4.20. The molecule has 0 unspecified atom stereocenters. The second-order valence-electron chi connectivity index (χ2n) is 2.96. The van der Waals surface area contributed by atoms with E-state index in [1.165, 1.54) is 0 Å². The lowest BCUT2D eigenvalue weighted by Gasteiger charge is -2.24. The van der Waals surface area contributed by atoms with Gasteiger partial charge < -0.3 is 25.7 Å². The van der Waals surface area contributed by atoms with Crippen molar-refractivity contribution in [3.8, 4) is 0 Å². The largest absolute Gasteiger partial charge is 0.394 e. The Morgan fingerprint density at radius 1 is 1.29 bits per heavy atom. The van der Waals surface area contributed by atoms with Gasteiger partial charge in [0.15, 0.2) is 0 Å². The Bertz CT molecular complexity index is 168. The molecule has 0 spiro atoms. The van der Waals surface area contributed by atoms with E-state index in [-0.39, 0.29) is 6.54 Å². The van der Waals surface area contributed by atoms with E-state index >= 15 is 0 Å². The number of nitrogens with zero attached hydrogens (tertiary/aromatic N) is 1. The zero-order chi connectivity index (χ0) is 11.1. The molecule has 84 valence electrons. The molecule has 0 aromatic heterocycles. The molecule has 0 aliphatic heterocycles. The Morgan fingerprint density at radius 3 is 2.21 bits per heavy atom. The van der Waals surface area contributed by atoms with Crippen molar-refractivity contribution in [2.24, 2.45) is 5.18 Å². The van der Waals surface area contributed by atoms with Gasteiger partial charge in [-0.1, -0.05) is 5.18 Å². The van der Waals surface area contributed by atoms with Crippen LogP contribution in [0.15, 0.2) is 5.18 Å². The fraction of sp³-hybridized carbons (Fsp3) is 1.00. The molecule has 0 aromatic rings. The number of aliphatic hydroxyl groups excluding tert-OH is 4. The van der Waals surface area contributed by atoms with Crippen LogP contribution < -0.4 is 5.32 Å². The summed E-state index contributed by atoms with van der Waals surface area (Å²) in [5.74, 6) is 0. The number of rotatable bonds is 7. The van der Waals surface area contributed by atoms with Gasteiger partial charge in [-0.2, -0.15) is 4.91 Å². The predicted molar refractivity (Wildman–Crippen MR) is 48.6 cm³/mol. The number of likely N-dealkylation sites (N-methyl/N-ethyl adjacent to an activating group) is 1. The maximum absolute atomic E-state index is 10.3. The van der Waals surface area contributed by atoms with Crippen LogP contribution in [0.1, 0.15) is 0 Å². The standard InChI is InChI=1S/C7H16N2O5/c1-8-2-4(11)6(9-14)7(13)5(12)3-10/h4-8,10-13H,2-3H2,1H3/t4-,5-,6-,7-/m1/s1. The van der Waals surface area contributed by atoms with Crippen LogP contribution in [0.4, 0.5) is 0 Å². The Balaban J connectivity index is 4.30. The molecular weight excluding hydrogens is 192 g/mol. The van der Waals surface area contributed by atoms with Gasteiger partial charge in [0.1, 0.15) is 18.2 Å². The topological polar surface area (TPSA) is 122 Å². The average Bonchev–Trinajstić information content (AvgIpc) is 2.18. The van der Waals surface area contributed by atoms with E-state index in [0.717, 1.165) is 0 Å². The van der Waals surface area contributed by atoms with Crippen molar-refractivity contribution in [2.45, 2.75) is 24.4 Å². The molecule has 14 heavy (non-hydrogen) atoms. The number of hydrogen-bond donors (Lipinski definition) is 5. The summed E-state index contributed by atoms with van der Waals surface area (Å²) in [5, 5.41) is 41.2. The third kappa shape index (κ3) is 3.64. The van der Waals surface area contributed by atoms with Gasteiger partial charge in [0.05, 0.1) is 12.7 Å². The molecule has 0 saturated heterocycles. The van der Waals surface area contributed by atoms with Crippen LogP contribution in [0.25, 0.3) is 0 Å². The van der Waals surface area contributed by atoms with E-state index in [1.807, 2.05) is 0 Å². The SMILES string of the molecule is CNC[C@@H](O)[C@@H](N=O)[C@H](O)[C@H](O)CO. The van der Waals surface area contributed by atoms with Crippen molar-refractivity contribution >= 4 is 0 Å². The summed E-state index contributed by atoms with van der Waals surface area (Å²) in [7, 11) is 1.56. The van der Waals surface area contributed by atoms with Gasteiger partial charge in [0, 0.05) is 6.54 Å². The summed E-state index contributed by atoms with van der Waals surface area (Å²) in [6.45, 7) is -0.634. The summed E-state index contributed by atoms with van der Waals surface area (Å²) in [6, 6.07) is -1.36. The van der Waals surface area contributed by atoms with Gasteiger partial charge in [0.2, 0.25) is 0 Å². The lowest BCUT2D eigenvalue weighted by atomic mass is 10.0. The van der Waals surface area contributed by atoms with Crippen molar-refractivity contribution in [3.05, 3.63) is 4.91 Å². The fourth-order valence-electron chi connectivity index (χ4n) is 1.03. The molecule has 0 aliphatic carbocycles. The summed E-state index contributed by atoms with van der Waals surface area (Å²) in [6.07, 6.45) is -4.25. The van der Waals surface area contributed by atoms with Gasteiger partial charge in [-0.25, -0.2) is 0 Å². The molecule has 0 radical (unpaired) electrons. The zero-order valence-corrected chi connectivity index (χ0v) is 7.87. The van der Waals surface area contributed by atoms with Gasteiger partial charge in [0.25, 0.3) is 0 Å². The van der Waals surface area contributed by atoms with Crippen LogP contribution >= 0.6 is 0 Å². The molecule has 0 fully saturated rings. The first-order chi connectivity index (χ1) is 6.58. The highest BCUT2D eigenvalue weighted by molar-refractivity contribution is 4.87. The van der Waals surface area contributed by atoms with Gasteiger partial charge in [-0.05, 0) is 7.05 Å². The number of nitrogens with one attached hydrogen (secondary N) is 1. The molecule has 0 aliphatic rings. The molecule has 4 atom stereocenters. The molecular formula is C7H16N2O5. The normalized spacial score (nSPS) is 19.8. The van der Waals surface area contributed by atoms with Crippen LogP contribution in [0.3, 0.4) is 0 Å². The molecule has 0 bridgehead atoms. The van der Waals surface area contributed by atoms with Crippen LogP contribution in [0, 0.1) is 4.91 Å². The molecule has 0 heterocycles. The number of nitroso groups, excluding NO2 is 1. The fourth-order valence-corrected chi connectivity index (χ4v) is 1.03. The van der Waals surface area contributed by atoms with Crippen molar-refractivity contribution < 1.29 is 20.4 Å². The monoisotopic (exact) mass is 208 g/mol. The van der Waals surface area contributed by atoms with Crippen LogP contribution in [-0.2, 0) is 0 Å². The van der Waals surface area contributed by atoms with E-state index < -0.39 is 31.0 Å². The molecule has 0 rings (SSSR count). The van der Waals surface area contributed by atoms with Crippen LogP contribution in [-0.4, -0.2) is 65.0 Å². The van der Waals surface area contributed by atoms with E-state index in [0.29, 0.717) is 0 Å². The highest BCUT2D eigenvalue weighted by Gasteiger charge is 2.32. The summed E-state index contributed by atoms with van der Waals surface area (Å²) in [4.78, 5) is 10.3. The van der Waals surface area contributed by atoms with E-state index in [9.17, 15) is 15.1 Å². The Hall–Kier alpha value is -0.600. The van der Waals surface area contributed by atoms with Gasteiger partial charge >= 0.3 is 0 Å². The predicted octanol–water partition coefficient (Wildman–Crippen LogP) is -2.58. The lowest BCUT2D eigenvalue weighted by Crippen LogP contribution is -2.47. The minimum Gasteiger partial charge on any atom is -0.394 e. The highest BCUT2D eigenvalue weighted by atomic mass is 16.4. The third-order valence-corrected chi connectivity index (χ3v) is 1.86. The van der Waals surface area contributed by atoms with Crippen LogP contribution in [0.2, 0.25) is 0 Å². The molecule has 0 saturated carbocycles. The van der Waals surface area contributed by atoms with Crippen molar-refractivity contribution in [1.82, 2.24) is 5.32 Å². The minimum atomic E-state index is -1.57. The maximum atomic E-state index is 10.3. The third-order valence-electron chi connectivity index (χ3n) is 1.86. The Morgan fingerprint density at radius 2 is 1.86 bits per heavy atom. The second-order valence-corrected chi connectivity index (χ2v) is 2.96. The minimum absolute atomic E-state index is 0.0611. The van der Waals surface area contributed by atoms with Gasteiger partial charge in [-0.15, -0.1) is 0 Å². The number of hydrogen-bond acceptors (Lipinski definition) is 7. The first kappa shape index (κ1) is 13.4. The quantitative estimate of drug-likeness (QED) is 0.293. The summed E-state index contributed by atoms with van der Waals surface area (Å²) < 4.78 is 0. The molecule has 0 amide bonds. The van der Waals surface area contributed by atoms with Crippen molar-refractivity contribution in [3.63, 3.8) is 0 Å². The average molecular weight is 208 g/mol. The van der Waals surface area contributed by atoms with E-state index in [2.05, 4.69) is 10.5 Å². The molecule has 7 nitrogen and oxygen atoms in total. The first-order valence-corrected chi connectivity index (χ1v) is 4.20. The Kier molecular flexibility index (Phi) is 6.50. The van der Waals surface area contributed by atoms with E-state index in [4.69, 9.17) is 10.2 Å². The van der Waals surface area contributed by atoms with E-state index in [1.54, 1.807) is 7.05 Å². The molecule has 0 aromatic carbocycles. The smallest absolute Gasteiger partial charge is 0.147 e. The summed E-state index contributed by atoms with van der Waals surface area (Å²) >= 11 is 0. The second kappa shape index (κ2) is 6.80. The zero-order valence-electron chi connectivity index (χ0n) is 7.87. The van der Waals surface area contributed by atoms with Gasteiger partial charge in [-0.3, -0.25) is 0 Å². The lowest BCUT2D eigenvalue weighted by molar-refractivity contribution is -0.0477. The van der Waals surface area contributed by atoms with Crippen molar-refractivity contribution in [1.29, 1.82) is 0 Å². The number of aliphatic hydroxyl groups is 4.